The second-order valence-electron chi connectivity index (χ2n) is 5.65. The van der Waals surface area contributed by atoms with E-state index in [1.807, 2.05) is 0 Å². The van der Waals surface area contributed by atoms with Crippen LogP contribution in [-0.4, -0.2) is 27.2 Å². The number of rotatable bonds is 4. The van der Waals surface area contributed by atoms with Gasteiger partial charge in [-0.15, -0.1) is 0 Å². The van der Waals surface area contributed by atoms with Crippen LogP contribution in [0.25, 0.3) is 0 Å². The molecule has 0 aliphatic heterocycles. The van der Waals surface area contributed by atoms with E-state index in [1.54, 1.807) is 30.5 Å². The van der Waals surface area contributed by atoms with Crippen LogP contribution in [0.3, 0.4) is 0 Å². The van der Waals surface area contributed by atoms with E-state index in [2.05, 4.69) is 15.3 Å². The lowest BCUT2D eigenvalue weighted by Crippen LogP contribution is -2.28. The minimum Gasteiger partial charge on any atom is -0.452 e. The smallest absolute Gasteiger partial charge is 0.222 e. The second-order valence-corrected chi connectivity index (χ2v) is 6.08. The Hall–Kier alpha value is -2.05. The van der Waals surface area contributed by atoms with Crippen LogP contribution in [0.4, 0.5) is 11.8 Å². The zero-order valence-electron chi connectivity index (χ0n) is 12.6. The van der Waals surface area contributed by atoms with Crippen molar-refractivity contribution in [3.8, 4) is 11.5 Å². The average Bonchev–Trinajstić information content (AvgIpc) is 2.54. The van der Waals surface area contributed by atoms with E-state index >= 15 is 0 Å². The number of nitrogens with two attached hydrogens (primary N) is 1. The van der Waals surface area contributed by atoms with Gasteiger partial charge in [0.2, 0.25) is 5.95 Å². The summed E-state index contributed by atoms with van der Waals surface area (Å²) >= 11 is 5.88. The number of aliphatic hydroxyl groups excluding tert-OH is 1. The highest BCUT2D eigenvalue weighted by molar-refractivity contribution is 6.30. The van der Waals surface area contributed by atoms with Gasteiger partial charge in [0.15, 0.2) is 11.6 Å². The van der Waals surface area contributed by atoms with Crippen molar-refractivity contribution >= 4 is 23.4 Å². The first-order chi connectivity index (χ1) is 11.1. The van der Waals surface area contributed by atoms with E-state index in [1.165, 1.54) is 0 Å². The molecule has 2 aromatic rings. The van der Waals surface area contributed by atoms with Crippen molar-refractivity contribution in [2.45, 2.75) is 37.8 Å². The Morgan fingerprint density at radius 3 is 2.57 bits per heavy atom. The minimum absolute atomic E-state index is 0.187. The first-order valence-corrected chi connectivity index (χ1v) is 7.98. The number of halogens is 1. The Labute approximate surface area is 139 Å². The van der Waals surface area contributed by atoms with Crippen LogP contribution in [0.15, 0.2) is 30.5 Å². The van der Waals surface area contributed by atoms with Crippen molar-refractivity contribution in [1.82, 2.24) is 9.97 Å². The monoisotopic (exact) mass is 334 g/mol. The van der Waals surface area contributed by atoms with Gasteiger partial charge in [0, 0.05) is 11.1 Å². The summed E-state index contributed by atoms with van der Waals surface area (Å²) in [4.78, 5) is 8.24. The number of nitrogens with zero attached hydrogens (tertiary/aromatic N) is 2. The number of hydrogen-bond acceptors (Lipinski definition) is 6. The zero-order chi connectivity index (χ0) is 16.2. The number of benzene rings is 1. The van der Waals surface area contributed by atoms with Gasteiger partial charge in [-0.3, -0.25) is 0 Å². The van der Waals surface area contributed by atoms with Crippen molar-refractivity contribution < 1.29 is 9.84 Å². The number of anilines is 2. The molecule has 3 rings (SSSR count). The van der Waals surface area contributed by atoms with Crippen molar-refractivity contribution in [3.05, 3.63) is 35.5 Å². The minimum atomic E-state index is -0.201. The van der Waals surface area contributed by atoms with Crippen molar-refractivity contribution in [2.24, 2.45) is 0 Å². The Morgan fingerprint density at radius 2 is 1.87 bits per heavy atom. The molecule has 1 fully saturated rings. The quantitative estimate of drug-likeness (QED) is 0.795. The molecule has 1 heterocycles. The summed E-state index contributed by atoms with van der Waals surface area (Å²) in [7, 11) is 0. The second kappa shape index (κ2) is 7.02. The largest absolute Gasteiger partial charge is 0.452 e. The van der Waals surface area contributed by atoms with Gasteiger partial charge in [0.1, 0.15) is 5.75 Å². The van der Waals surface area contributed by atoms with Gasteiger partial charge >= 0.3 is 0 Å². The molecule has 1 aromatic heterocycles. The standard InChI is InChI=1S/C16H19ClN4O2/c17-10-1-7-13(8-2-10)23-14-9-19-16(18)21-15(14)20-11-3-5-12(22)6-4-11/h1-2,7-9,11-12,22H,3-6H2,(H3,18,19,20,21)/t11-,12+. The van der Waals surface area contributed by atoms with Crippen LogP contribution in [0.5, 0.6) is 11.5 Å². The van der Waals surface area contributed by atoms with Crippen molar-refractivity contribution in [2.75, 3.05) is 11.1 Å². The van der Waals surface area contributed by atoms with Crippen molar-refractivity contribution in [3.63, 3.8) is 0 Å². The predicted octanol–water partition coefficient (Wildman–Crippen LogP) is 3.22. The topological polar surface area (TPSA) is 93.3 Å². The summed E-state index contributed by atoms with van der Waals surface area (Å²) in [6.45, 7) is 0. The molecule has 122 valence electrons. The Kier molecular flexibility index (Phi) is 4.83. The van der Waals surface area contributed by atoms with E-state index < -0.39 is 0 Å². The fraction of sp³-hybridized carbons (Fsp3) is 0.375. The Balaban J connectivity index is 1.76. The summed E-state index contributed by atoms with van der Waals surface area (Å²) in [5.74, 6) is 1.90. The maximum atomic E-state index is 9.60. The molecule has 1 aliphatic carbocycles. The summed E-state index contributed by atoms with van der Waals surface area (Å²) in [6, 6.07) is 7.30. The lowest BCUT2D eigenvalue weighted by atomic mass is 9.93. The lowest BCUT2D eigenvalue weighted by Gasteiger charge is -2.27. The summed E-state index contributed by atoms with van der Waals surface area (Å²) in [5, 5.41) is 13.6. The van der Waals surface area contributed by atoms with Crippen LogP contribution in [0.1, 0.15) is 25.7 Å². The molecule has 0 spiro atoms. The van der Waals surface area contributed by atoms with Gasteiger partial charge in [-0.2, -0.15) is 4.98 Å². The summed E-state index contributed by atoms with van der Waals surface area (Å²) in [6.07, 6.45) is 4.68. The molecule has 4 N–H and O–H groups in total. The highest BCUT2D eigenvalue weighted by Crippen LogP contribution is 2.31. The molecule has 0 amide bonds. The third-order valence-electron chi connectivity index (χ3n) is 3.85. The molecule has 0 atom stereocenters. The fourth-order valence-electron chi connectivity index (χ4n) is 2.61. The van der Waals surface area contributed by atoms with Gasteiger partial charge in [-0.25, -0.2) is 4.98 Å². The molecule has 0 saturated heterocycles. The highest BCUT2D eigenvalue weighted by atomic mass is 35.5. The van der Waals surface area contributed by atoms with Crippen LogP contribution >= 0.6 is 11.6 Å². The molecule has 6 nitrogen and oxygen atoms in total. The molecule has 0 radical (unpaired) electrons. The molecule has 0 unspecified atom stereocenters. The Bertz CT molecular complexity index is 658. The fourth-order valence-corrected chi connectivity index (χ4v) is 2.73. The van der Waals surface area contributed by atoms with E-state index in [9.17, 15) is 5.11 Å². The van der Waals surface area contributed by atoms with Crippen molar-refractivity contribution in [1.29, 1.82) is 0 Å². The van der Waals surface area contributed by atoms with E-state index in [-0.39, 0.29) is 18.1 Å². The maximum absolute atomic E-state index is 9.60. The van der Waals surface area contributed by atoms with Crippen LogP contribution in [-0.2, 0) is 0 Å². The summed E-state index contributed by atoms with van der Waals surface area (Å²) < 4.78 is 5.83. The maximum Gasteiger partial charge on any atom is 0.222 e. The van der Waals surface area contributed by atoms with Gasteiger partial charge in [0.05, 0.1) is 12.3 Å². The first kappa shape index (κ1) is 15.8. The van der Waals surface area contributed by atoms with Crippen LogP contribution in [0, 0.1) is 0 Å². The lowest BCUT2D eigenvalue weighted by molar-refractivity contribution is 0.126. The number of aliphatic hydroxyl groups is 1. The summed E-state index contributed by atoms with van der Waals surface area (Å²) in [5.41, 5.74) is 5.69. The van der Waals surface area contributed by atoms with E-state index in [0.717, 1.165) is 25.7 Å². The number of ether oxygens (including phenoxy) is 1. The van der Waals surface area contributed by atoms with Gasteiger partial charge in [-0.05, 0) is 49.9 Å². The molecule has 7 heteroatoms. The highest BCUT2D eigenvalue weighted by Gasteiger charge is 2.21. The third kappa shape index (κ3) is 4.24. The molecule has 1 aliphatic rings. The van der Waals surface area contributed by atoms with Crippen LogP contribution < -0.4 is 15.8 Å². The third-order valence-corrected chi connectivity index (χ3v) is 4.10. The van der Waals surface area contributed by atoms with Crippen LogP contribution in [0.2, 0.25) is 5.02 Å². The predicted molar refractivity (Wildman–Crippen MR) is 89.9 cm³/mol. The van der Waals surface area contributed by atoms with Gasteiger partial charge in [-0.1, -0.05) is 11.6 Å². The normalized spacial score (nSPS) is 21.0. The van der Waals surface area contributed by atoms with Gasteiger partial charge < -0.3 is 20.9 Å². The first-order valence-electron chi connectivity index (χ1n) is 7.60. The molecular formula is C16H19ClN4O2. The zero-order valence-corrected chi connectivity index (χ0v) is 13.3. The molecule has 23 heavy (non-hydrogen) atoms. The number of nitrogen functional groups attached to an aromatic ring is 1. The number of nitrogens with one attached hydrogen (secondary N) is 1. The van der Waals surface area contributed by atoms with E-state index in [4.69, 9.17) is 22.1 Å². The molecule has 0 bridgehead atoms. The average molecular weight is 335 g/mol. The Morgan fingerprint density at radius 1 is 1.17 bits per heavy atom. The molecular weight excluding hydrogens is 316 g/mol. The molecule has 1 aromatic carbocycles. The van der Waals surface area contributed by atoms with E-state index in [0.29, 0.717) is 22.3 Å². The van der Waals surface area contributed by atoms with Gasteiger partial charge in [0.25, 0.3) is 0 Å². The SMILES string of the molecule is Nc1ncc(Oc2ccc(Cl)cc2)c(N[C@H]2CC[C@@H](O)CC2)n1. The number of hydrogen-bond donors (Lipinski definition) is 3. The number of aromatic nitrogens is 2. The molecule has 1 saturated carbocycles.